The number of halogens is 6. The van der Waals surface area contributed by atoms with Crippen LogP contribution in [0.5, 0.6) is 0 Å². The van der Waals surface area contributed by atoms with Crippen LogP contribution >= 0.6 is 0 Å². The van der Waals surface area contributed by atoms with Gasteiger partial charge < -0.3 is 15.4 Å². The molecule has 11 heteroatoms. The van der Waals surface area contributed by atoms with E-state index >= 15 is 0 Å². The number of fused-ring (bicyclic) bond motifs is 3. The number of para-hydroxylation sites is 2. The Bertz CT molecular complexity index is 1100. The Kier molecular flexibility index (Phi) is 5.75. The monoisotopic (exact) mass is 431 g/mol. The van der Waals surface area contributed by atoms with Gasteiger partial charge in [-0.3, -0.25) is 0 Å². The van der Waals surface area contributed by atoms with Crippen molar-refractivity contribution in [2.24, 2.45) is 5.73 Å². The summed E-state index contributed by atoms with van der Waals surface area (Å²) in [5.74, 6) is -5.44. The molecule has 160 valence electrons. The van der Waals surface area contributed by atoms with Gasteiger partial charge in [0.15, 0.2) is 11.6 Å². The van der Waals surface area contributed by atoms with E-state index in [9.17, 15) is 26.3 Å². The molecule has 0 saturated heterocycles. The molecule has 3 N–H and O–H groups in total. The van der Waals surface area contributed by atoms with Crippen LogP contribution in [-0.4, -0.2) is 32.8 Å². The molecule has 0 amide bonds. The minimum Gasteiger partial charge on any atom is -0.475 e. The second-order valence-corrected chi connectivity index (χ2v) is 6.69. The lowest BCUT2D eigenvalue weighted by Gasteiger charge is -2.30. The standard InChI is InChI=1S/C17H14F3N3.C2HF3O2/c18-11-7-13(20)12(19)5-9(11)10-6-17-22-15-3-1-2-4-16(15)23(17)8-14(10)21;3-2(4,5)1(6)7/h1-5,7,10,14H,6,8,21H2;(H,6,7)/t10-,14+;/m1./s1. The molecule has 2 aromatic carbocycles. The van der Waals surface area contributed by atoms with Gasteiger partial charge in [0.05, 0.1) is 11.0 Å². The van der Waals surface area contributed by atoms with E-state index in [0.717, 1.165) is 22.9 Å². The van der Waals surface area contributed by atoms with Crippen LogP contribution in [0.25, 0.3) is 11.0 Å². The first kappa shape index (κ1) is 21.6. The van der Waals surface area contributed by atoms with Gasteiger partial charge in [-0.2, -0.15) is 13.2 Å². The highest BCUT2D eigenvalue weighted by atomic mass is 19.4. The summed E-state index contributed by atoms with van der Waals surface area (Å²) in [6.45, 7) is 0.457. The lowest BCUT2D eigenvalue weighted by atomic mass is 9.86. The number of hydrogen-bond donors (Lipinski definition) is 2. The summed E-state index contributed by atoms with van der Waals surface area (Å²) in [6.07, 6.45) is -4.70. The average molecular weight is 431 g/mol. The summed E-state index contributed by atoms with van der Waals surface area (Å²) in [7, 11) is 0. The highest BCUT2D eigenvalue weighted by molar-refractivity contribution is 5.76. The third-order valence-electron chi connectivity index (χ3n) is 4.73. The third kappa shape index (κ3) is 4.25. The fraction of sp³-hybridized carbons (Fsp3) is 0.263. The normalized spacial score (nSPS) is 18.5. The maximum absolute atomic E-state index is 14.1. The zero-order valence-corrected chi connectivity index (χ0v) is 15.1. The van der Waals surface area contributed by atoms with Gasteiger partial charge in [0.1, 0.15) is 11.6 Å². The van der Waals surface area contributed by atoms with Crippen LogP contribution in [0.4, 0.5) is 26.3 Å². The zero-order valence-electron chi connectivity index (χ0n) is 15.1. The van der Waals surface area contributed by atoms with Crippen molar-refractivity contribution in [3.05, 3.63) is 65.2 Å². The maximum atomic E-state index is 14.1. The molecule has 2 atom stereocenters. The van der Waals surface area contributed by atoms with Crippen molar-refractivity contribution in [3.8, 4) is 0 Å². The Labute approximate surface area is 165 Å². The lowest BCUT2D eigenvalue weighted by molar-refractivity contribution is -0.192. The number of alkyl halides is 3. The van der Waals surface area contributed by atoms with Gasteiger partial charge in [-0.05, 0) is 23.8 Å². The second-order valence-electron chi connectivity index (χ2n) is 6.69. The summed E-state index contributed by atoms with van der Waals surface area (Å²) >= 11 is 0. The minimum absolute atomic E-state index is 0.106. The van der Waals surface area contributed by atoms with Gasteiger partial charge in [0.25, 0.3) is 0 Å². The molecule has 0 bridgehead atoms. The molecule has 0 spiro atoms. The number of hydrogen-bond acceptors (Lipinski definition) is 3. The molecule has 0 fully saturated rings. The maximum Gasteiger partial charge on any atom is 0.490 e. The van der Waals surface area contributed by atoms with Crippen molar-refractivity contribution < 1.29 is 36.2 Å². The van der Waals surface area contributed by atoms with E-state index < -0.39 is 41.6 Å². The Hall–Kier alpha value is -3.08. The predicted octanol–water partition coefficient (Wildman–Crippen LogP) is 3.75. The Morgan fingerprint density at radius 2 is 1.70 bits per heavy atom. The van der Waals surface area contributed by atoms with Crippen molar-refractivity contribution in [1.82, 2.24) is 9.55 Å². The molecule has 0 unspecified atom stereocenters. The molecule has 1 aliphatic rings. The highest BCUT2D eigenvalue weighted by Crippen LogP contribution is 2.33. The van der Waals surface area contributed by atoms with E-state index in [2.05, 4.69) is 4.98 Å². The molecule has 0 radical (unpaired) electrons. The van der Waals surface area contributed by atoms with Gasteiger partial charge in [-0.1, -0.05) is 12.1 Å². The molecule has 0 aliphatic carbocycles. The van der Waals surface area contributed by atoms with Crippen LogP contribution in [0.15, 0.2) is 36.4 Å². The molecular formula is C19H15F6N3O2. The number of carbonyl (C=O) groups is 1. The van der Waals surface area contributed by atoms with Crippen molar-refractivity contribution in [2.45, 2.75) is 31.1 Å². The predicted molar refractivity (Wildman–Crippen MR) is 94.2 cm³/mol. The fourth-order valence-electron chi connectivity index (χ4n) is 3.33. The number of benzene rings is 2. The largest absolute Gasteiger partial charge is 0.490 e. The fourth-order valence-corrected chi connectivity index (χ4v) is 3.33. The van der Waals surface area contributed by atoms with Crippen LogP contribution in [0.1, 0.15) is 17.3 Å². The number of aliphatic carboxylic acids is 1. The Morgan fingerprint density at radius 1 is 1.10 bits per heavy atom. The number of nitrogens with zero attached hydrogens (tertiary/aromatic N) is 2. The second kappa shape index (κ2) is 7.98. The lowest BCUT2D eigenvalue weighted by Crippen LogP contribution is -2.39. The van der Waals surface area contributed by atoms with Crippen LogP contribution < -0.4 is 5.73 Å². The molecular weight excluding hydrogens is 416 g/mol. The van der Waals surface area contributed by atoms with Crippen molar-refractivity contribution >= 4 is 17.0 Å². The number of imidazole rings is 1. The summed E-state index contributed by atoms with van der Waals surface area (Å²) in [5.41, 5.74) is 8.13. The molecule has 5 nitrogen and oxygen atoms in total. The zero-order chi connectivity index (χ0) is 22.2. The number of rotatable bonds is 1. The third-order valence-corrected chi connectivity index (χ3v) is 4.73. The SMILES string of the molecule is N[C@H]1Cn2c(nc3ccccc32)C[C@@H]1c1cc(F)c(F)cc1F.O=C(O)C(F)(F)F. The summed E-state index contributed by atoms with van der Waals surface area (Å²) in [4.78, 5) is 13.4. The molecule has 0 saturated carbocycles. The molecule has 1 aliphatic heterocycles. The highest BCUT2D eigenvalue weighted by Gasteiger charge is 2.38. The Morgan fingerprint density at radius 3 is 2.33 bits per heavy atom. The average Bonchev–Trinajstić information content (AvgIpc) is 3.01. The molecule has 2 heterocycles. The topological polar surface area (TPSA) is 81.1 Å². The van der Waals surface area contributed by atoms with Crippen molar-refractivity contribution in [2.75, 3.05) is 0 Å². The van der Waals surface area contributed by atoms with Gasteiger partial charge >= 0.3 is 12.1 Å². The van der Waals surface area contributed by atoms with Gasteiger partial charge in [0.2, 0.25) is 0 Å². The first-order chi connectivity index (χ1) is 14.0. The van der Waals surface area contributed by atoms with Crippen molar-refractivity contribution in [1.29, 1.82) is 0 Å². The van der Waals surface area contributed by atoms with Gasteiger partial charge in [-0.25, -0.2) is 22.9 Å². The summed E-state index contributed by atoms with van der Waals surface area (Å²) < 4.78 is 74.5. The molecule has 4 rings (SSSR count). The smallest absolute Gasteiger partial charge is 0.475 e. The van der Waals surface area contributed by atoms with Gasteiger partial charge in [0, 0.05) is 31.0 Å². The quantitative estimate of drug-likeness (QED) is 0.454. The van der Waals surface area contributed by atoms with Gasteiger partial charge in [-0.15, -0.1) is 0 Å². The molecule has 1 aromatic heterocycles. The minimum atomic E-state index is -5.08. The number of nitrogens with two attached hydrogens (primary N) is 1. The van der Waals surface area contributed by atoms with E-state index in [0.29, 0.717) is 19.0 Å². The van der Waals surface area contributed by atoms with Crippen LogP contribution in [0, 0.1) is 17.5 Å². The van der Waals surface area contributed by atoms with E-state index in [4.69, 9.17) is 15.6 Å². The van der Waals surface area contributed by atoms with Crippen LogP contribution in [0.3, 0.4) is 0 Å². The van der Waals surface area contributed by atoms with E-state index in [-0.39, 0.29) is 5.56 Å². The summed E-state index contributed by atoms with van der Waals surface area (Å²) in [5, 5.41) is 7.12. The van der Waals surface area contributed by atoms with E-state index in [1.165, 1.54) is 0 Å². The molecule has 30 heavy (non-hydrogen) atoms. The Balaban J connectivity index is 0.000000318. The van der Waals surface area contributed by atoms with Crippen molar-refractivity contribution in [3.63, 3.8) is 0 Å². The van der Waals surface area contributed by atoms with E-state index in [1.807, 2.05) is 28.8 Å². The van der Waals surface area contributed by atoms with Crippen LogP contribution in [0.2, 0.25) is 0 Å². The molecule has 3 aromatic rings. The van der Waals surface area contributed by atoms with E-state index in [1.54, 1.807) is 0 Å². The number of aromatic nitrogens is 2. The number of carboxylic acid groups (broad SMARTS) is 1. The first-order valence-electron chi connectivity index (χ1n) is 8.63. The first-order valence-corrected chi connectivity index (χ1v) is 8.63. The number of carboxylic acids is 1. The summed E-state index contributed by atoms with van der Waals surface area (Å²) in [6, 6.07) is 8.76. The van der Waals surface area contributed by atoms with Crippen LogP contribution in [-0.2, 0) is 17.8 Å².